The molecule has 1 aromatic rings. The first-order valence-electron chi connectivity index (χ1n) is 6.35. The highest BCUT2D eigenvalue weighted by atomic mass is 35.5. The van der Waals surface area contributed by atoms with Crippen LogP contribution in [0, 0.1) is 0 Å². The van der Waals surface area contributed by atoms with E-state index in [-0.39, 0.29) is 11.9 Å². The highest BCUT2D eigenvalue weighted by Crippen LogP contribution is 2.19. The second kappa shape index (κ2) is 6.16. The minimum absolute atomic E-state index is 0.00130. The Labute approximate surface area is 112 Å². The number of pyridine rings is 1. The Hall–Kier alpha value is -1.13. The van der Waals surface area contributed by atoms with Crippen LogP contribution in [0.4, 0.5) is 0 Å². The zero-order chi connectivity index (χ0) is 13.0. The first-order valence-corrected chi connectivity index (χ1v) is 6.73. The number of likely N-dealkylation sites (N-methyl/N-ethyl adjacent to an activating group) is 1. The summed E-state index contributed by atoms with van der Waals surface area (Å²) in [5.74, 6) is -0.00130. The smallest absolute Gasteiger partial charge is 0.255 e. The second-order valence-corrected chi connectivity index (χ2v) is 4.85. The SMILES string of the molecule is CCN(C(=O)c1ccncc1Cl)C1CCCNC1. The van der Waals surface area contributed by atoms with E-state index >= 15 is 0 Å². The fourth-order valence-corrected chi connectivity index (χ4v) is 2.57. The molecule has 18 heavy (non-hydrogen) atoms. The average molecular weight is 268 g/mol. The largest absolute Gasteiger partial charge is 0.335 e. The summed E-state index contributed by atoms with van der Waals surface area (Å²) in [6.45, 7) is 4.60. The van der Waals surface area contributed by atoms with Crippen LogP contribution in [0.5, 0.6) is 0 Å². The van der Waals surface area contributed by atoms with E-state index in [1.165, 1.54) is 6.20 Å². The van der Waals surface area contributed by atoms with Crippen LogP contribution in [0.2, 0.25) is 5.02 Å². The molecule has 1 saturated heterocycles. The van der Waals surface area contributed by atoms with Crippen LogP contribution in [0.25, 0.3) is 0 Å². The monoisotopic (exact) mass is 267 g/mol. The van der Waals surface area contributed by atoms with Crippen molar-refractivity contribution in [1.29, 1.82) is 0 Å². The van der Waals surface area contributed by atoms with Gasteiger partial charge in [0.05, 0.1) is 10.6 Å². The van der Waals surface area contributed by atoms with Crippen molar-refractivity contribution in [2.45, 2.75) is 25.8 Å². The van der Waals surface area contributed by atoms with E-state index in [0.29, 0.717) is 17.1 Å². The predicted molar refractivity (Wildman–Crippen MR) is 71.8 cm³/mol. The van der Waals surface area contributed by atoms with Crippen molar-refractivity contribution in [3.05, 3.63) is 29.0 Å². The normalized spacial score (nSPS) is 19.6. The summed E-state index contributed by atoms with van der Waals surface area (Å²) < 4.78 is 0. The summed E-state index contributed by atoms with van der Waals surface area (Å²) in [6.07, 6.45) is 5.28. The van der Waals surface area contributed by atoms with Crippen LogP contribution in [-0.4, -0.2) is 41.5 Å². The molecule has 98 valence electrons. The third-order valence-electron chi connectivity index (χ3n) is 3.32. The van der Waals surface area contributed by atoms with Crippen LogP contribution in [0.15, 0.2) is 18.5 Å². The van der Waals surface area contributed by atoms with Crippen molar-refractivity contribution in [3.8, 4) is 0 Å². The van der Waals surface area contributed by atoms with Crippen molar-refractivity contribution < 1.29 is 4.79 Å². The van der Waals surface area contributed by atoms with E-state index in [1.54, 1.807) is 12.3 Å². The van der Waals surface area contributed by atoms with E-state index in [4.69, 9.17) is 11.6 Å². The van der Waals surface area contributed by atoms with Crippen molar-refractivity contribution in [3.63, 3.8) is 0 Å². The molecule has 0 aromatic carbocycles. The van der Waals surface area contributed by atoms with Crippen molar-refractivity contribution in [2.24, 2.45) is 0 Å². The molecule has 1 amide bonds. The van der Waals surface area contributed by atoms with E-state index in [1.807, 2.05) is 11.8 Å². The van der Waals surface area contributed by atoms with Gasteiger partial charge in [0.2, 0.25) is 0 Å². The summed E-state index contributed by atoms with van der Waals surface area (Å²) >= 11 is 6.03. The number of carbonyl (C=O) groups is 1. The number of rotatable bonds is 3. The molecule has 5 heteroatoms. The van der Waals surface area contributed by atoms with Gasteiger partial charge in [-0.3, -0.25) is 9.78 Å². The Morgan fingerprint density at radius 2 is 2.50 bits per heavy atom. The lowest BCUT2D eigenvalue weighted by Gasteiger charge is -2.34. The minimum Gasteiger partial charge on any atom is -0.335 e. The van der Waals surface area contributed by atoms with Gasteiger partial charge >= 0.3 is 0 Å². The fourth-order valence-electron chi connectivity index (χ4n) is 2.37. The molecule has 1 N–H and O–H groups in total. The zero-order valence-corrected chi connectivity index (χ0v) is 11.3. The highest BCUT2D eigenvalue weighted by Gasteiger charge is 2.25. The quantitative estimate of drug-likeness (QED) is 0.911. The van der Waals surface area contributed by atoms with Gasteiger partial charge in [0.15, 0.2) is 0 Å². The molecule has 1 fully saturated rings. The third kappa shape index (κ3) is 2.82. The van der Waals surface area contributed by atoms with Crippen LogP contribution < -0.4 is 5.32 Å². The Kier molecular flexibility index (Phi) is 4.55. The molecule has 4 nitrogen and oxygen atoms in total. The average Bonchev–Trinajstić information content (AvgIpc) is 2.41. The number of amides is 1. The molecule has 1 aromatic heterocycles. The van der Waals surface area contributed by atoms with Gasteiger partial charge in [-0.1, -0.05) is 11.6 Å². The van der Waals surface area contributed by atoms with Gasteiger partial charge in [-0.05, 0) is 32.4 Å². The summed E-state index contributed by atoms with van der Waals surface area (Å²) in [6, 6.07) is 1.95. The number of nitrogens with one attached hydrogen (secondary N) is 1. The molecule has 2 rings (SSSR count). The van der Waals surface area contributed by atoms with Gasteiger partial charge in [-0.15, -0.1) is 0 Å². The van der Waals surface area contributed by atoms with Gasteiger partial charge < -0.3 is 10.2 Å². The number of aromatic nitrogens is 1. The Morgan fingerprint density at radius 3 is 3.11 bits per heavy atom. The standard InChI is InChI=1S/C13H18ClN3O/c1-2-17(10-4-3-6-15-8-10)13(18)11-5-7-16-9-12(11)14/h5,7,9-10,15H,2-4,6,8H2,1H3. The highest BCUT2D eigenvalue weighted by molar-refractivity contribution is 6.33. The topological polar surface area (TPSA) is 45.2 Å². The van der Waals surface area contributed by atoms with Crippen LogP contribution in [0.1, 0.15) is 30.1 Å². The maximum atomic E-state index is 12.5. The molecular weight excluding hydrogens is 250 g/mol. The molecule has 0 aliphatic carbocycles. The molecule has 1 atom stereocenters. The number of halogens is 1. The van der Waals surface area contributed by atoms with Crippen LogP contribution in [0.3, 0.4) is 0 Å². The van der Waals surface area contributed by atoms with Gasteiger partial charge in [-0.2, -0.15) is 0 Å². The number of carbonyl (C=O) groups excluding carboxylic acids is 1. The zero-order valence-electron chi connectivity index (χ0n) is 10.5. The first kappa shape index (κ1) is 13.3. The molecule has 0 saturated carbocycles. The lowest BCUT2D eigenvalue weighted by molar-refractivity contribution is 0.0662. The Balaban J connectivity index is 2.17. The van der Waals surface area contributed by atoms with Crippen molar-refractivity contribution in [1.82, 2.24) is 15.2 Å². The summed E-state index contributed by atoms with van der Waals surface area (Å²) in [7, 11) is 0. The summed E-state index contributed by atoms with van der Waals surface area (Å²) in [5.41, 5.74) is 0.541. The molecule has 1 unspecified atom stereocenters. The van der Waals surface area contributed by atoms with Gasteiger partial charge in [-0.25, -0.2) is 0 Å². The first-order chi connectivity index (χ1) is 8.74. The maximum Gasteiger partial charge on any atom is 0.255 e. The number of piperidine rings is 1. The molecule has 0 bridgehead atoms. The molecule has 1 aliphatic heterocycles. The summed E-state index contributed by atoms with van der Waals surface area (Å²) in [5, 5.41) is 3.75. The van der Waals surface area contributed by atoms with Gasteiger partial charge in [0, 0.05) is 31.5 Å². The molecule has 0 spiro atoms. The predicted octanol–water partition coefficient (Wildman–Crippen LogP) is 1.95. The van der Waals surface area contributed by atoms with Crippen molar-refractivity contribution in [2.75, 3.05) is 19.6 Å². The van der Waals surface area contributed by atoms with Gasteiger partial charge in [0.1, 0.15) is 0 Å². The minimum atomic E-state index is -0.00130. The van der Waals surface area contributed by atoms with E-state index < -0.39 is 0 Å². The number of nitrogens with zero attached hydrogens (tertiary/aromatic N) is 2. The number of hydrogen-bond donors (Lipinski definition) is 1. The Morgan fingerprint density at radius 1 is 1.67 bits per heavy atom. The lowest BCUT2D eigenvalue weighted by atomic mass is 10.0. The van der Waals surface area contributed by atoms with Crippen molar-refractivity contribution >= 4 is 17.5 Å². The Bertz CT molecular complexity index is 418. The lowest BCUT2D eigenvalue weighted by Crippen LogP contribution is -2.48. The fraction of sp³-hybridized carbons (Fsp3) is 0.538. The second-order valence-electron chi connectivity index (χ2n) is 4.45. The number of hydrogen-bond acceptors (Lipinski definition) is 3. The van der Waals surface area contributed by atoms with Crippen LogP contribution >= 0.6 is 11.6 Å². The van der Waals surface area contributed by atoms with E-state index in [0.717, 1.165) is 25.9 Å². The van der Waals surface area contributed by atoms with E-state index in [9.17, 15) is 4.79 Å². The van der Waals surface area contributed by atoms with E-state index in [2.05, 4.69) is 10.3 Å². The molecule has 2 heterocycles. The maximum absolute atomic E-state index is 12.5. The third-order valence-corrected chi connectivity index (χ3v) is 3.62. The molecule has 1 aliphatic rings. The van der Waals surface area contributed by atoms with Gasteiger partial charge in [0.25, 0.3) is 5.91 Å². The molecular formula is C13H18ClN3O. The molecule has 0 radical (unpaired) electrons. The van der Waals surface area contributed by atoms with Crippen LogP contribution in [-0.2, 0) is 0 Å². The summed E-state index contributed by atoms with van der Waals surface area (Å²) in [4.78, 5) is 18.3.